The summed E-state index contributed by atoms with van der Waals surface area (Å²) in [7, 11) is 0. The average molecular weight is 388 g/mol. The van der Waals surface area contributed by atoms with Gasteiger partial charge >= 0.3 is 0 Å². The third kappa shape index (κ3) is 3.11. The summed E-state index contributed by atoms with van der Waals surface area (Å²) in [6.07, 6.45) is 1.01. The number of nitro groups is 1. The number of benzene rings is 1. The van der Waals surface area contributed by atoms with Gasteiger partial charge in [0.05, 0.1) is 10.5 Å². The molecule has 0 bridgehead atoms. The van der Waals surface area contributed by atoms with E-state index in [2.05, 4.69) is 36.4 Å². The lowest BCUT2D eigenvalue weighted by molar-refractivity contribution is -0.384. The molecule has 1 aromatic rings. The topological polar surface area (TPSA) is 63.5 Å². The minimum Gasteiger partial charge on any atom is -0.338 e. The van der Waals surface area contributed by atoms with Gasteiger partial charge in [-0.1, -0.05) is 13.8 Å². The van der Waals surface area contributed by atoms with Gasteiger partial charge in [-0.3, -0.25) is 14.9 Å². The number of carbonyl (C=O) groups excluding carboxylic acids is 1. The zero-order valence-corrected chi connectivity index (χ0v) is 13.7. The Bertz CT molecular complexity index is 545. The molecule has 1 amide bonds. The normalized spacial score (nSPS) is 18.6. The minimum absolute atomic E-state index is 0.0339. The molecule has 1 fully saturated rings. The number of rotatable bonds is 3. The van der Waals surface area contributed by atoms with Gasteiger partial charge in [-0.2, -0.15) is 0 Å². The fourth-order valence-electron chi connectivity index (χ4n) is 2.48. The van der Waals surface area contributed by atoms with E-state index in [0.717, 1.165) is 23.1 Å². The maximum Gasteiger partial charge on any atom is 0.270 e. The third-order valence-corrected chi connectivity index (χ3v) is 4.79. The number of nitrogens with zero attached hydrogens (tertiary/aromatic N) is 2. The summed E-state index contributed by atoms with van der Waals surface area (Å²) in [5.74, 6) is 0.980. The average Bonchev–Trinajstić information content (AvgIpc) is 2.88. The van der Waals surface area contributed by atoms with Gasteiger partial charge in [-0.15, -0.1) is 0 Å². The van der Waals surface area contributed by atoms with Gasteiger partial charge in [0.15, 0.2) is 0 Å². The lowest BCUT2D eigenvalue weighted by Crippen LogP contribution is -2.30. The van der Waals surface area contributed by atoms with E-state index in [9.17, 15) is 14.9 Å². The first kappa shape index (κ1) is 15.2. The second kappa shape index (κ2) is 6.07. The van der Waals surface area contributed by atoms with Crippen molar-refractivity contribution < 1.29 is 9.72 Å². The van der Waals surface area contributed by atoms with Crippen molar-refractivity contribution in [2.75, 3.05) is 13.1 Å². The van der Waals surface area contributed by atoms with Crippen molar-refractivity contribution in [3.63, 3.8) is 0 Å². The molecule has 6 heteroatoms. The molecule has 20 heavy (non-hydrogen) atoms. The highest BCUT2D eigenvalue weighted by Crippen LogP contribution is 2.27. The highest BCUT2D eigenvalue weighted by molar-refractivity contribution is 14.1. The van der Waals surface area contributed by atoms with Crippen LogP contribution in [0, 0.1) is 25.5 Å². The molecule has 2 rings (SSSR count). The van der Waals surface area contributed by atoms with Gasteiger partial charge in [0, 0.05) is 28.8 Å². The zero-order valence-electron chi connectivity index (χ0n) is 11.5. The van der Waals surface area contributed by atoms with Crippen LogP contribution < -0.4 is 0 Å². The Morgan fingerprint density at radius 3 is 2.75 bits per heavy atom. The van der Waals surface area contributed by atoms with Crippen LogP contribution in [0.15, 0.2) is 18.2 Å². The highest BCUT2D eigenvalue weighted by atomic mass is 127. The molecule has 0 N–H and O–H groups in total. The van der Waals surface area contributed by atoms with Crippen LogP contribution in [0.5, 0.6) is 0 Å². The molecule has 108 valence electrons. The summed E-state index contributed by atoms with van der Waals surface area (Å²) in [4.78, 5) is 24.7. The predicted octanol–water partition coefficient (Wildman–Crippen LogP) is 3.32. The minimum atomic E-state index is -0.465. The maximum atomic E-state index is 12.5. The number of likely N-dealkylation sites (tertiary alicyclic amines) is 1. The number of hydrogen-bond donors (Lipinski definition) is 0. The summed E-state index contributed by atoms with van der Waals surface area (Å²) in [6.45, 7) is 5.81. The van der Waals surface area contributed by atoms with Gasteiger partial charge in [0.1, 0.15) is 0 Å². The SMILES string of the molecule is CC(C)C1CCN(C(=O)c2cc([N+](=O)[O-])ccc2I)C1. The van der Waals surface area contributed by atoms with Crippen LogP contribution in [-0.2, 0) is 0 Å². The molecule has 0 aromatic heterocycles. The molecular formula is C14H17IN2O3. The summed E-state index contributed by atoms with van der Waals surface area (Å²) in [5.41, 5.74) is 0.401. The number of carbonyl (C=O) groups is 1. The van der Waals surface area contributed by atoms with Crippen LogP contribution in [0.3, 0.4) is 0 Å². The number of amides is 1. The number of halogens is 1. The number of nitro benzene ring substituents is 1. The van der Waals surface area contributed by atoms with Gasteiger partial charge in [0.25, 0.3) is 11.6 Å². The van der Waals surface area contributed by atoms with E-state index in [-0.39, 0.29) is 11.6 Å². The zero-order chi connectivity index (χ0) is 14.9. The van der Waals surface area contributed by atoms with E-state index < -0.39 is 4.92 Å². The van der Waals surface area contributed by atoms with Crippen LogP contribution in [0.25, 0.3) is 0 Å². The molecule has 0 aliphatic carbocycles. The Morgan fingerprint density at radius 1 is 1.50 bits per heavy atom. The fraction of sp³-hybridized carbons (Fsp3) is 0.500. The van der Waals surface area contributed by atoms with Crippen molar-refractivity contribution in [1.29, 1.82) is 0 Å². The lowest BCUT2D eigenvalue weighted by atomic mass is 9.95. The molecule has 1 heterocycles. The molecule has 1 aliphatic rings. The maximum absolute atomic E-state index is 12.5. The Morgan fingerprint density at radius 2 is 2.20 bits per heavy atom. The van der Waals surface area contributed by atoms with Gasteiger partial charge in [0.2, 0.25) is 0 Å². The quantitative estimate of drug-likeness (QED) is 0.454. The lowest BCUT2D eigenvalue weighted by Gasteiger charge is -2.18. The smallest absolute Gasteiger partial charge is 0.270 e. The van der Waals surface area contributed by atoms with E-state index >= 15 is 0 Å². The van der Waals surface area contributed by atoms with Crippen molar-refractivity contribution in [2.45, 2.75) is 20.3 Å². The van der Waals surface area contributed by atoms with Crippen LogP contribution in [0.4, 0.5) is 5.69 Å². The first-order valence-electron chi connectivity index (χ1n) is 6.63. The first-order chi connectivity index (χ1) is 9.40. The predicted molar refractivity (Wildman–Crippen MR) is 84.7 cm³/mol. The first-order valence-corrected chi connectivity index (χ1v) is 7.71. The van der Waals surface area contributed by atoms with Crippen molar-refractivity contribution in [1.82, 2.24) is 4.90 Å². The van der Waals surface area contributed by atoms with E-state index in [4.69, 9.17) is 0 Å². The summed E-state index contributed by atoms with van der Waals surface area (Å²) < 4.78 is 0.756. The van der Waals surface area contributed by atoms with E-state index in [1.807, 2.05) is 4.90 Å². The molecule has 1 aliphatic heterocycles. The van der Waals surface area contributed by atoms with Crippen LogP contribution >= 0.6 is 22.6 Å². The molecule has 1 aromatic carbocycles. The van der Waals surface area contributed by atoms with E-state index in [0.29, 0.717) is 17.4 Å². The Kier molecular flexibility index (Phi) is 4.62. The Hall–Kier alpha value is -1.18. The van der Waals surface area contributed by atoms with E-state index in [1.165, 1.54) is 12.1 Å². The monoisotopic (exact) mass is 388 g/mol. The molecule has 1 unspecified atom stereocenters. The highest BCUT2D eigenvalue weighted by Gasteiger charge is 2.30. The number of hydrogen-bond acceptors (Lipinski definition) is 3. The second-order valence-electron chi connectivity index (χ2n) is 5.47. The van der Waals surface area contributed by atoms with Gasteiger partial charge in [-0.05, 0) is 46.9 Å². The summed E-state index contributed by atoms with van der Waals surface area (Å²) in [6, 6.07) is 4.44. The van der Waals surface area contributed by atoms with Gasteiger partial charge < -0.3 is 4.90 Å². The number of non-ortho nitro benzene ring substituents is 1. The fourth-order valence-corrected chi connectivity index (χ4v) is 3.04. The Labute approximate surface area is 131 Å². The third-order valence-electron chi connectivity index (χ3n) is 3.85. The summed E-state index contributed by atoms with van der Waals surface area (Å²) >= 11 is 2.05. The molecule has 1 saturated heterocycles. The second-order valence-corrected chi connectivity index (χ2v) is 6.63. The van der Waals surface area contributed by atoms with Crippen molar-refractivity contribution in [3.8, 4) is 0 Å². The molecule has 0 spiro atoms. The van der Waals surface area contributed by atoms with Crippen LogP contribution in [0.2, 0.25) is 0 Å². The molecule has 0 saturated carbocycles. The van der Waals surface area contributed by atoms with E-state index in [1.54, 1.807) is 6.07 Å². The summed E-state index contributed by atoms with van der Waals surface area (Å²) in [5, 5.41) is 10.8. The van der Waals surface area contributed by atoms with Crippen LogP contribution in [-0.4, -0.2) is 28.8 Å². The molecule has 1 atom stereocenters. The van der Waals surface area contributed by atoms with Crippen LogP contribution in [0.1, 0.15) is 30.6 Å². The standard InChI is InChI=1S/C14H17IN2O3/c1-9(2)10-5-6-16(8-10)14(18)12-7-11(17(19)20)3-4-13(12)15/h3-4,7,9-10H,5-6,8H2,1-2H3. The van der Waals surface area contributed by atoms with Crippen molar-refractivity contribution in [3.05, 3.63) is 37.4 Å². The van der Waals surface area contributed by atoms with Crippen molar-refractivity contribution in [2.24, 2.45) is 11.8 Å². The molecule has 5 nitrogen and oxygen atoms in total. The van der Waals surface area contributed by atoms with Crippen molar-refractivity contribution >= 4 is 34.2 Å². The van der Waals surface area contributed by atoms with Gasteiger partial charge in [-0.25, -0.2) is 0 Å². The molecule has 0 radical (unpaired) electrons. The largest absolute Gasteiger partial charge is 0.338 e. The Balaban J connectivity index is 2.21. The molecular weight excluding hydrogens is 371 g/mol.